The van der Waals surface area contributed by atoms with Crippen molar-refractivity contribution in [3.63, 3.8) is 0 Å². The number of carboxylic acids is 1. The monoisotopic (exact) mass is 228 g/mol. The molecule has 0 aromatic carbocycles. The molecule has 0 saturated carbocycles. The molecule has 0 fully saturated rings. The Balaban J connectivity index is 2.82. The third kappa shape index (κ3) is 3.49. The van der Waals surface area contributed by atoms with Gasteiger partial charge in [0.25, 0.3) is 0 Å². The van der Waals surface area contributed by atoms with Crippen LogP contribution in [0.4, 0.5) is 0 Å². The molecule has 0 atom stereocenters. The molecule has 0 saturated heterocycles. The van der Waals surface area contributed by atoms with Crippen LogP contribution in [0.5, 0.6) is 0 Å². The normalized spacial score (nSPS) is 10.3. The van der Waals surface area contributed by atoms with Crippen LogP contribution in [-0.4, -0.2) is 29.1 Å². The largest absolute Gasteiger partial charge is 0.478 e. The van der Waals surface area contributed by atoms with E-state index in [4.69, 9.17) is 16.7 Å². The van der Waals surface area contributed by atoms with Gasteiger partial charge in [-0.05, 0) is 31.1 Å². The molecule has 5 heteroatoms. The molecule has 0 aliphatic carbocycles. The second-order valence-electron chi connectivity index (χ2n) is 3.07. The molecule has 15 heavy (non-hydrogen) atoms. The van der Waals surface area contributed by atoms with Crippen molar-refractivity contribution in [1.82, 2.24) is 10.3 Å². The lowest BCUT2D eigenvalue weighted by atomic mass is 10.1. The van der Waals surface area contributed by atoms with Crippen LogP contribution in [0.2, 0.25) is 5.15 Å². The summed E-state index contributed by atoms with van der Waals surface area (Å²) in [4.78, 5) is 14.6. The molecule has 2 N–H and O–H groups in total. The predicted molar refractivity (Wildman–Crippen MR) is 58.5 cm³/mol. The summed E-state index contributed by atoms with van der Waals surface area (Å²) >= 11 is 5.71. The maximum absolute atomic E-state index is 10.9. The molecule has 0 unspecified atom stereocenters. The Bertz CT molecular complexity index is 355. The Hall–Kier alpha value is -1.13. The first-order chi connectivity index (χ1) is 7.15. The number of aromatic nitrogens is 1. The number of hydrogen-bond donors (Lipinski definition) is 2. The molecule has 0 aliphatic rings. The smallest absolute Gasteiger partial charge is 0.337 e. The number of pyridine rings is 1. The topological polar surface area (TPSA) is 62.2 Å². The fourth-order valence-corrected chi connectivity index (χ4v) is 1.45. The van der Waals surface area contributed by atoms with Gasteiger partial charge in [-0.15, -0.1) is 0 Å². The summed E-state index contributed by atoms with van der Waals surface area (Å²) < 4.78 is 0. The molecule has 82 valence electrons. The maximum Gasteiger partial charge on any atom is 0.337 e. The van der Waals surface area contributed by atoms with E-state index in [-0.39, 0.29) is 5.56 Å². The average Bonchev–Trinajstić information content (AvgIpc) is 2.18. The molecule has 1 heterocycles. The second kappa shape index (κ2) is 5.68. The lowest BCUT2D eigenvalue weighted by Gasteiger charge is -2.06. The van der Waals surface area contributed by atoms with Crippen LogP contribution in [0, 0.1) is 0 Å². The highest BCUT2D eigenvalue weighted by atomic mass is 35.5. The van der Waals surface area contributed by atoms with Crippen molar-refractivity contribution in [2.45, 2.75) is 13.3 Å². The number of nitrogens with one attached hydrogen (secondary N) is 1. The Morgan fingerprint density at radius 3 is 3.00 bits per heavy atom. The fourth-order valence-electron chi connectivity index (χ4n) is 1.27. The van der Waals surface area contributed by atoms with Gasteiger partial charge in [-0.1, -0.05) is 18.5 Å². The molecule has 1 rings (SSSR count). The van der Waals surface area contributed by atoms with Gasteiger partial charge in [0, 0.05) is 6.20 Å². The number of likely N-dealkylation sites (N-methyl/N-ethyl adjacent to an activating group) is 1. The molecule has 0 bridgehead atoms. The molecular weight excluding hydrogens is 216 g/mol. The number of halogens is 1. The van der Waals surface area contributed by atoms with Gasteiger partial charge >= 0.3 is 5.97 Å². The van der Waals surface area contributed by atoms with Crippen molar-refractivity contribution in [2.75, 3.05) is 13.1 Å². The highest BCUT2D eigenvalue weighted by Gasteiger charge is 2.10. The highest BCUT2D eigenvalue weighted by molar-refractivity contribution is 6.29. The number of carbonyl (C=O) groups is 1. The number of aromatic carboxylic acids is 1. The number of hydrogen-bond acceptors (Lipinski definition) is 3. The summed E-state index contributed by atoms with van der Waals surface area (Å²) in [5, 5.41) is 12.4. The van der Waals surface area contributed by atoms with E-state index in [1.54, 1.807) is 6.07 Å². The Morgan fingerprint density at radius 1 is 1.67 bits per heavy atom. The van der Waals surface area contributed by atoms with Crippen molar-refractivity contribution in [3.05, 3.63) is 28.5 Å². The van der Waals surface area contributed by atoms with Crippen molar-refractivity contribution >= 4 is 17.6 Å². The van der Waals surface area contributed by atoms with Crippen LogP contribution >= 0.6 is 11.6 Å². The van der Waals surface area contributed by atoms with E-state index in [0.29, 0.717) is 17.1 Å². The number of rotatable bonds is 5. The van der Waals surface area contributed by atoms with Crippen LogP contribution in [0.25, 0.3) is 0 Å². The molecule has 0 spiro atoms. The minimum Gasteiger partial charge on any atom is -0.478 e. The molecule has 4 nitrogen and oxygen atoms in total. The Labute approximate surface area is 93.3 Å². The van der Waals surface area contributed by atoms with Crippen LogP contribution < -0.4 is 5.32 Å². The van der Waals surface area contributed by atoms with Crippen LogP contribution in [0.1, 0.15) is 22.8 Å². The predicted octanol–water partition coefficient (Wildman–Crippen LogP) is 1.59. The molecule has 1 aromatic rings. The third-order valence-corrected chi connectivity index (χ3v) is 2.21. The Morgan fingerprint density at radius 2 is 2.40 bits per heavy atom. The van der Waals surface area contributed by atoms with Crippen LogP contribution in [-0.2, 0) is 6.42 Å². The summed E-state index contributed by atoms with van der Waals surface area (Å²) in [6.07, 6.45) is 1.93. The standard InChI is InChI=1S/C10H13ClN2O2/c1-2-12-4-3-7-5-9(11)13-6-8(7)10(14)15/h5-6,12H,2-4H2,1H3,(H,14,15). The third-order valence-electron chi connectivity index (χ3n) is 2.01. The summed E-state index contributed by atoms with van der Waals surface area (Å²) in [6.45, 7) is 3.59. The number of nitrogens with zero attached hydrogens (tertiary/aromatic N) is 1. The summed E-state index contributed by atoms with van der Waals surface area (Å²) in [5.41, 5.74) is 0.931. The lowest BCUT2D eigenvalue weighted by Crippen LogP contribution is -2.17. The van der Waals surface area contributed by atoms with E-state index in [2.05, 4.69) is 10.3 Å². The first-order valence-corrected chi connectivity index (χ1v) is 5.11. The van der Waals surface area contributed by atoms with E-state index in [1.165, 1.54) is 6.20 Å². The quantitative estimate of drug-likeness (QED) is 0.594. The van der Waals surface area contributed by atoms with Gasteiger partial charge in [-0.2, -0.15) is 0 Å². The van der Waals surface area contributed by atoms with Gasteiger partial charge in [0.05, 0.1) is 5.56 Å². The van der Waals surface area contributed by atoms with Crippen LogP contribution in [0.15, 0.2) is 12.3 Å². The molecule has 0 radical (unpaired) electrons. The molecule has 0 amide bonds. The molecule has 0 aliphatic heterocycles. The van der Waals surface area contributed by atoms with E-state index >= 15 is 0 Å². The summed E-state index contributed by atoms with van der Waals surface area (Å²) in [7, 11) is 0. The number of carboxylic acid groups (broad SMARTS) is 1. The van der Waals surface area contributed by atoms with Gasteiger partial charge in [0.15, 0.2) is 0 Å². The van der Waals surface area contributed by atoms with Crippen molar-refractivity contribution in [2.24, 2.45) is 0 Å². The van der Waals surface area contributed by atoms with E-state index in [1.807, 2.05) is 6.92 Å². The minimum absolute atomic E-state index is 0.220. The van der Waals surface area contributed by atoms with Crippen molar-refractivity contribution in [1.29, 1.82) is 0 Å². The maximum atomic E-state index is 10.9. The van der Waals surface area contributed by atoms with Gasteiger partial charge in [0.2, 0.25) is 0 Å². The highest BCUT2D eigenvalue weighted by Crippen LogP contribution is 2.13. The fraction of sp³-hybridized carbons (Fsp3) is 0.400. The summed E-state index contributed by atoms with van der Waals surface area (Å²) in [6, 6.07) is 1.60. The van der Waals surface area contributed by atoms with Gasteiger partial charge < -0.3 is 10.4 Å². The Kier molecular flexibility index (Phi) is 4.52. The van der Waals surface area contributed by atoms with E-state index in [0.717, 1.165) is 13.1 Å². The molecular formula is C10H13ClN2O2. The minimum atomic E-state index is -0.967. The first-order valence-electron chi connectivity index (χ1n) is 4.73. The lowest BCUT2D eigenvalue weighted by molar-refractivity contribution is 0.0695. The molecule has 1 aromatic heterocycles. The zero-order valence-electron chi connectivity index (χ0n) is 8.46. The van der Waals surface area contributed by atoms with E-state index in [9.17, 15) is 4.79 Å². The first kappa shape index (κ1) is 11.9. The van der Waals surface area contributed by atoms with Crippen molar-refractivity contribution < 1.29 is 9.90 Å². The SMILES string of the molecule is CCNCCc1cc(Cl)ncc1C(=O)O. The van der Waals surface area contributed by atoms with Gasteiger partial charge in [-0.25, -0.2) is 9.78 Å². The summed E-state index contributed by atoms with van der Waals surface area (Å²) in [5.74, 6) is -0.967. The van der Waals surface area contributed by atoms with Gasteiger partial charge in [0.1, 0.15) is 5.15 Å². The van der Waals surface area contributed by atoms with Crippen LogP contribution in [0.3, 0.4) is 0 Å². The second-order valence-corrected chi connectivity index (χ2v) is 3.46. The van der Waals surface area contributed by atoms with E-state index < -0.39 is 5.97 Å². The zero-order chi connectivity index (χ0) is 11.3. The average molecular weight is 229 g/mol. The zero-order valence-corrected chi connectivity index (χ0v) is 9.21. The van der Waals surface area contributed by atoms with Crippen molar-refractivity contribution in [3.8, 4) is 0 Å². The van der Waals surface area contributed by atoms with Gasteiger partial charge in [-0.3, -0.25) is 0 Å².